The summed E-state index contributed by atoms with van der Waals surface area (Å²) in [6.45, 7) is 0.936. The Morgan fingerprint density at radius 3 is 2.59 bits per heavy atom. The summed E-state index contributed by atoms with van der Waals surface area (Å²) in [5.74, 6) is 2.42. The molecule has 2 aliphatic rings. The summed E-state index contributed by atoms with van der Waals surface area (Å²) in [5, 5.41) is 28.2. The molecule has 6 nitrogen and oxygen atoms in total. The lowest BCUT2D eigenvalue weighted by Crippen LogP contribution is -2.40. The van der Waals surface area contributed by atoms with E-state index in [1.165, 1.54) is 25.7 Å². The van der Waals surface area contributed by atoms with Gasteiger partial charge in [-0.1, -0.05) is 6.07 Å². The second-order valence-corrected chi connectivity index (χ2v) is 8.24. The van der Waals surface area contributed by atoms with Crippen LogP contribution in [-0.2, 0) is 0 Å². The van der Waals surface area contributed by atoms with Crippen LogP contribution in [0.4, 0.5) is 5.82 Å². The average Bonchev–Trinajstić information content (AvgIpc) is 3.09. The van der Waals surface area contributed by atoms with Crippen LogP contribution in [0.15, 0.2) is 42.5 Å². The third-order valence-electron chi connectivity index (χ3n) is 6.25. The van der Waals surface area contributed by atoms with Gasteiger partial charge in [-0.15, -0.1) is 10.2 Å². The lowest BCUT2D eigenvalue weighted by atomic mass is 9.92. The van der Waals surface area contributed by atoms with Gasteiger partial charge in [-0.3, -0.25) is 0 Å². The Labute approximate surface area is 170 Å². The molecule has 0 radical (unpaired) electrons. The van der Waals surface area contributed by atoms with Gasteiger partial charge < -0.3 is 20.5 Å². The van der Waals surface area contributed by atoms with Crippen LogP contribution in [0.2, 0.25) is 0 Å². The van der Waals surface area contributed by atoms with E-state index in [-0.39, 0.29) is 5.75 Å². The number of nitrogens with one attached hydrogen (secondary N) is 2. The molecule has 29 heavy (non-hydrogen) atoms. The van der Waals surface area contributed by atoms with E-state index in [1.54, 1.807) is 13.2 Å². The smallest absolute Gasteiger partial charge is 0.148 e. The van der Waals surface area contributed by atoms with Gasteiger partial charge in [-0.25, -0.2) is 0 Å². The number of piperidine rings is 1. The number of methoxy groups -OCH3 is 1. The molecule has 3 N–H and O–H groups in total. The van der Waals surface area contributed by atoms with E-state index < -0.39 is 0 Å². The number of aromatic hydroxyl groups is 1. The second kappa shape index (κ2) is 7.52. The SMILES string of the molecule is COc1ccc2cc(-c3ccc(NCC4CC5CCC(C4)N5)nn3)c(O)cc2c1. The predicted molar refractivity (Wildman–Crippen MR) is 114 cm³/mol. The minimum absolute atomic E-state index is 0.186. The Balaban J connectivity index is 1.30. The molecule has 2 fully saturated rings. The number of nitrogens with zero attached hydrogens (tertiary/aromatic N) is 2. The van der Waals surface area contributed by atoms with Crippen molar-refractivity contribution in [3.05, 3.63) is 42.5 Å². The predicted octanol–water partition coefficient (Wildman–Crippen LogP) is 3.95. The molecule has 0 saturated carbocycles. The number of hydrogen-bond acceptors (Lipinski definition) is 6. The van der Waals surface area contributed by atoms with Crippen LogP contribution in [-0.4, -0.2) is 41.0 Å². The highest BCUT2D eigenvalue weighted by Crippen LogP contribution is 2.34. The molecular weight excluding hydrogens is 364 g/mol. The van der Waals surface area contributed by atoms with Crippen LogP contribution in [0.1, 0.15) is 25.7 Å². The number of fused-ring (bicyclic) bond motifs is 3. The molecular formula is C23H26N4O2. The Bertz CT molecular complexity index is 1010. The normalized spacial score (nSPS) is 23.3. The van der Waals surface area contributed by atoms with Crippen molar-refractivity contribution in [2.75, 3.05) is 19.0 Å². The zero-order valence-corrected chi connectivity index (χ0v) is 16.6. The first-order valence-corrected chi connectivity index (χ1v) is 10.3. The van der Waals surface area contributed by atoms with E-state index >= 15 is 0 Å². The first-order valence-electron chi connectivity index (χ1n) is 10.3. The van der Waals surface area contributed by atoms with Crippen molar-refractivity contribution >= 4 is 16.6 Å². The Hall–Kier alpha value is -2.86. The largest absolute Gasteiger partial charge is 0.507 e. The van der Waals surface area contributed by atoms with E-state index in [0.29, 0.717) is 29.3 Å². The topological polar surface area (TPSA) is 79.3 Å². The molecule has 3 heterocycles. The number of phenolic OH excluding ortho intramolecular Hbond substituents is 1. The van der Waals surface area contributed by atoms with Crippen LogP contribution in [0, 0.1) is 5.92 Å². The van der Waals surface area contributed by atoms with Crippen LogP contribution in [0.5, 0.6) is 11.5 Å². The van der Waals surface area contributed by atoms with Crippen molar-refractivity contribution in [1.29, 1.82) is 0 Å². The van der Waals surface area contributed by atoms with E-state index in [9.17, 15) is 5.11 Å². The number of ether oxygens (including phenoxy) is 1. The first kappa shape index (κ1) is 18.2. The number of aromatic nitrogens is 2. The molecule has 2 aromatic carbocycles. The van der Waals surface area contributed by atoms with Crippen molar-refractivity contribution in [2.24, 2.45) is 5.92 Å². The maximum absolute atomic E-state index is 10.5. The minimum Gasteiger partial charge on any atom is -0.507 e. The number of phenols is 1. The van der Waals surface area contributed by atoms with Gasteiger partial charge in [0, 0.05) is 24.2 Å². The molecule has 1 aromatic heterocycles. The number of benzene rings is 2. The zero-order valence-electron chi connectivity index (χ0n) is 16.6. The molecule has 3 aromatic rings. The number of anilines is 1. The maximum Gasteiger partial charge on any atom is 0.148 e. The highest BCUT2D eigenvalue weighted by atomic mass is 16.5. The van der Waals surface area contributed by atoms with Crippen molar-refractivity contribution in [3.8, 4) is 22.8 Å². The van der Waals surface area contributed by atoms with Gasteiger partial charge >= 0.3 is 0 Å². The van der Waals surface area contributed by atoms with Gasteiger partial charge in [0.05, 0.1) is 12.8 Å². The van der Waals surface area contributed by atoms with Gasteiger partial charge in [0.15, 0.2) is 0 Å². The van der Waals surface area contributed by atoms with Crippen LogP contribution >= 0.6 is 0 Å². The molecule has 0 aliphatic carbocycles. The quantitative estimate of drug-likeness (QED) is 0.612. The van der Waals surface area contributed by atoms with E-state index in [4.69, 9.17) is 4.74 Å². The van der Waals surface area contributed by atoms with E-state index in [0.717, 1.165) is 28.9 Å². The van der Waals surface area contributed by atoms with Crippen molar-refractivity contribution in [3.63, 3.8) is 0 Å². The third-order valence-corrected chi connectivity index (χ3v) is 6.25. The summed E-state index contributed by atoms with van der Waals surface area (Å²) < 4.78 is 5.26. The molecule has 150 valence electrons. The number of rotatable bonds is 5. The van der Waals surface area contributed by atoms with Crippen LogP contribution in [0.3, 0.4) is 0 Å². The fourth-order valence-corrected chi connectivity index (χ4v) is 4.76. The molecule has 2 bridgehead atoms. The maximum atomic E-state index is 10.5. The highest BCUT2D eigenvalue weighted by molar-refractivity contribution is 5.90. The lowest BCUT2D eigenvalue weighted by Gasteiger charge is -2.29. The molecule has 2 unspecified atom stereocenters. The summed E-state index contributed by atoms with van der Waals surface area (Å²) in [7, 11) is 1.63. The molecule has 0 spiro atoms. The fraction of sp³-hybridized carbons (Fsp3) is 0.391. The summed E-state index contributed by atoms with van der Waals surface area (Å²) in [6.07, 6.45) is 5.12. The number of hydrogen-bond donors (Lipinski definition) is 3. The molecule has 2 saturated heterocycles. The molecule has 2 aliphatic heterocycles. The summed E-state index contributed by atoms with van der Waals surface area (Å²) >= 11 is 0. The Morgan fingerprint density at radius 1 is 1.03 bits per heavy atom. The monoisotopic (exact) mass is 390 g/mol. The van der Waals surface area contributed by atoms with E-state index in [1.807, 2.05) is 36.4 Å². The van der Waals surface area contributed by atoms with Gasteiger partial charge in [0.2, 0.25) is 0 Å². The molecule has 2 atom stereocenters. The minimum atomic E-state index is 0.186. The summed E-state index contributed by atoms with van der Waals surface area (Å²) in [6, 6.07) is 14.7. The first-order chi connectivity index (χ1) is 14.2. The molecule has 6 heteroatoms. The zero-order chi connectivity index (χ0) is 19.8. The van der Waals surface area contributed by atoms with Crippen molar-refractivity contribution in [2.45, 2.75) is 37.8 Å². The van der Waals surface area contributed by atoms with Gasteiger partial charge in [0.25, 0.3) is 0 Å². The standard InChI is InChI=1S/C23H26N4O2/c1-29-19-5-2-15-11-20(22(28)12-16(15)10-19)21-6-7-23(27-26-21)24-13-14-8-17-3-4-18(9-14)25-17/h2,5-7,10-12,14,17-18,25,28H,3-4,8-9,13H2,1H3,(H,24,27). The van der Waals surface area contributed by atoms with Gasteiger partial charge in [-0.05, 0) is 78.8 Å². The van der Waals surface area contributed by atoms with Crippen molar-refractivity contribution < 1.29 is 9.84 Å². The van der Waals surface area contributed by atoms with Crippen LogP contribution < -0.4 is 15.4 Å². The average molecular weight is 390 g/mol. The highest BCUT2D eigenvalue weighted by Gasteiger charge is 2.33. The summed E-state index contributed by atoms with van der Waals surface area (Å²) in [4.78, 5) is 0. The van der Waals surface area contributed by atoms with Gasteiger partial charge in [-0.2, -0.15) is 0 Å². The third kappa shape index (κ3) is 3.72. The fourth-order valence-electron chi connectivity index (χ4n) is 4.76. The Morgan fingerprint density at radius 2 is 1.86 bits per heavy atom. The van der Waals surface area contributed by atoms with E-state index in [2.05, 4.69) is 20.8 Å². The summed E-state index contributed by atoms with van der Waals surface area (Å²) in [5.41, 5.74) is 1.34. The second-order valence-electron chi connectivity index (χ2n) is 8.24. The van der Waals surface area contributed by atoms with Gasteiger partial charge in [0.1, 0.15) is 17.3 Å². The Kier molecular flexibility index (Phi) is 4.72. The van der Waals surface area contributed by atoms with Crippen LogP contribution in [0.25, 0.3) is 22.0 Å². The molecule has 5 rings (SSSR count). The molecule has 0 amide bonds. The van der Waals surface area contributed by atoms with Crippen molar-refractivity contribution in [1.82, 2.24) is 15.5 Å². The lowest BCUT2D eigenvalue weighted by molar-refractivity contribution is 0.311.